The lowest BCUT2D eigenvalue weighted by atomic mass is 10.2. The summed E-state index contributed by atoms with van der Waals surface area (Å²) in [5, 5.41) is 0. The molecule has 0 aliphatic carbocycles. The van der Waals surface area contributed by atoms with Crippen LogP contribution in [-0.4, -0.2) is 12.0 Å². The molecular weight excluding hydrogens is 116 g/mol. The van der Waals surface area contributed by atoms with E-state index in [1.54, 1.807) is 6.92 Å². The normalized spacial score (nSPS) is 21.0. The van der Waals surface area contributed by atoms with Gasteiger partial charge in [0.1, 0.15) is 12.0 Å². The minimum absolute atomic E-state index is 0.278. The second-order valence-corrected chi connectivity index (χ2v) is 2.49. The second-order valence-electron chi connectivity index (χ2n) is 2.49. The summed E-state index contributed by atoms with van der Waals surface area (Å²) in [6.07, 6.45) is 0.495. The van der Waals surface area contributed by atoms with E-state index in [-0.39, 0.29) is 6.23 Å². The Balaban J connectivity index is 3.58. The summed E-state index contributed by atoms with van der Waals surface area (Å²) in [6.45, 7) is 5.54. The molecule has 0 aromatic carbocycles. The van der Waals surface area contributed by atoms with Gasteiger partial charge in [-0.1, -0.05) is 6.92 Å². The molecule has 2 atom stereocenters. The highest BCUT2D eigenvalue weighted by Crippen LogP contribution is 2.06. The van der Waals surface area contributed by atoms with Gasteiger partial charge in [-0.3, -0.25) is 0 Å². The maximum atomic E-state index is 5.61. The number of hydrogen-bond donors (Lipinski definition) is 2. The van der Waals surface area contributed by atoms with Gasteiger partial charge in [-0.15, -0.1) is 0 Å². The molecule has 0 saturated heterocycles. The lowest BCUT2D eigenvalue weighted by molar-refractivity contribution is -0.0709. The molecule has 3 heteroatoms. The maximum absolute atomic E-state index is 5.61. The SMILES string of the molecule is CCC(C)(N)OC(C)N. The van der Waals surface area contributed by atoms with Gasteiger partial charge in [-0.05, 0) is 20.3 Å². The van der Waals surface area contributed by atoms with Crippen molar-refractivity contribution in [1.29, 1.82) is 0 Å². The summed E-state index contributed by atoms with van der Waals surface area (Å²) in [5.74, 6) is 0. The smallest absolute Gasteiger partial charge is 0.115 e. The van der Waals surface area contributed by atoms with Crippen LogP contribution >= 0.6 is 0 Å². The van der Waals surface area contributed by atoms with Crippen LogP contribution in [-0.2, 0) is 4.74 Å². The molecule has 0 saturated carbocycles. The highest BCUT2D eigenvalue weighted by atomic mass is 16.5. The van der Waals surface area contributed by atoms with Gasteiger partial charge >= 0.3 is 0 Å². The average molecular weight is 132 g/mol. The highest BCUT2D eigenvalue weighted by molar-refractivity contribution is 4.63. The molecule has 9 heavy (non-hydrogen) atoms. The number of nitrogens with two attached hydrogens (primary N) is 2. The van der Waals surface area contributed by atoms with Crippen molar-refractivity contribution in [2.24, 2.45) is 11.5 Å². The van der Waals surface area contributed by atoms with Crippen molar-refractivity contribution in [2.45, 2.75) is 39.1 Å². The van der Waals surface area contributed by atoms with Gasteiger partial charge < -0.3 is 16.2 Å². The third kappa shape index (κ3) is 4.39. The predicted octanol–water partition coefficient (Wildman–Crippen LogP) is 0.393. The molecule has 0 aromatic rings. The van der Waals surface area contributed by atoms with Crippen LogP contribution in [0.5, 0.6) is 0 Å². The van der Waals surface area contributed by atoms with Gasteiger partial charge in [0.05, 0.1) is 0 Å². The molecule has 0 aliphatic rings. The molecule has 0 aromatic heterocycles. The molecule has 0 bridgehead atoms. The lowest BCUT2D eigenvalue weighted by Crippen LogP contribution is -2.43. The molecule has 3 nitrogen and oxygen atoms in total. The average Bonchev–Trinajstić information content (AvgIpc) is 1.63. The Labute approximate surface area is 56.4 Å². The molecule has 0 amide bonds. The van der Waals surface area contributed by atoms with Crippen LogP contribution in [0.15, 0.2) is 0 Å². The van der Waals surface area contributed by atoms with Crippen molar-refractivity contribution in [3.05, 3.63) is 0 Å². The third-order valence-corrected chi connectivity index (χ3v) is 1.16. The topological polar surface area (TPSA) is 61.3 Å². The second kappa shape index (κ2) is 3.15. The third-order valence-electron chi connectivity index (χ3n) is 1.16. The Kier molecular flexibility index (Phi) is 3.11. The molecular formula is C6H16N2O. The molecule has 0 rings (SSSR count). The van der Waals surface area contributed by atoms with Crippen LogP contribution in [0, 0.1) is 0 Å². The molecule has 0 heterocycles. The van der Waals surface area contributed by atoms with Crippen molar-refractivity contribution in [3.8, 4) is 0 Å². The number of rotatable bonds is 3. The van der Waals surface area contributed by atoms with Crippen LogP contribution in [0.25, 0.3) is 0 Å². The molecule has 4 N–H and O–H groups in total. The molecule has 0 aliphatic heterocycles. The minimum atomic E-state index is -0.561. The predicted molar refractivity (Wildman–Crippen MR) is 37.6 cm³/mol. The Morgan fingerprint density at radius 2 is 2.11 bits per heavy atom. The van der Waals surface area contributed by atoms with Crippen molar-refractivity contribution >= 4 is 0 Å². The number of ether oxygens (including phenoxy) is 1. The standard InChI is InChI=1S/C6H16N2O/c1-4-6(3,8)9-5(2)7/h5H,4,7-8H2,1-3H3. The fourth-order valence-corrected chi connectivity index (χ4v) is 0.508. The van der Waals surface area contributed by atoms with Gasteiger partial charge in [0.2, 0.25) is 0 Å². The zero-order valence-corrected chi connectivity index (χ0v) is 6.35. The van der Waals surface area contributed by atoms with Crippen LogP contribution in [0.4, 0.5) is 0 Å². The van der Waals surface area contributed by atoms with E-state index < -0.39 is 5.72 Å². The molecule has 0 spiro atoms. The Bertz CT molecular complexity index is 81.1. The Hall–Kier alpha value is -0.120. The Morgan fingerprint density at radius 1 is 1.67 bits per heavy atom. The summed E-state index contributed by atoms with van der Waals surface area (Å²) in [6, 6.07) is 0. The van der Waals surface area contributed by atoms with Gasteiger partial charge in [0.25, 0.3) is 0 Å². The largest absolute Gasteiger partial charge is 0.344 e. The van der Waals surface area contributed by atoms with E-state index in [1.165, 1.54) is 0 Å². The lowest BCUT2D eigenvalue weighted by Gasteiger charge is -2.25. The van der Waals surface area contributed by atoms with Crippen LogP contribution < -0.4 is 11.5 Å². The highest BCUT2D eigenvalue weighted by Gasteiger charge is 2.16. The van der Waals surface area contributed by atoms with Crippen LogP contribution in [0.1, 0.15) is 27.2 Å². The maximum Gasteiger partial charge on any atom is 0.115 e. The first-order valence-electron chi connectivity index (χ1n) is 3.20. The first-order valence-corrected chi connectivity index (χ1v) is 3.20. The van der Waals surface area contributed by atoms with Gasteiger partial charge in [-0.2, -0.15) is 0 Å². The first-order chi connectivity index (χ1) is 3.98. The van der Waals surface area contributed by atoms with E-state index in [2.05, 4.69) is 0 Å². The van der Waals surface area contributed by atoms with E-state index in [4.69, 9.17) is 16.2 Å². The van der Waals surface area contributed by atoms with Crippen molar-refractivity contribution in [3.63, 3.8) is 0 Å². The van der Waals surface area contributed by atoms with Crippen molar-refractivity contribution in [1.82, 2.24) is 0 Å². The van der Waals surface area contributed by atoms with Gasteiger partial charge in [0.15, 0.2) is 0 Å². The summed E-state index contributed by atoms with van der Waals surface area (Å²) < 4.78 is 5.14. The van der Waals surface area contributed by atoms with E-state index in [1.807, 2.05) is 13.8 Å². The van der Waals surface area contributed by atoms with Crippen molar-refractivity contribution < 1.29 is 4.74 Å². The zero-order valence-electron chi connectivity index (χ0n) is 6.35. The van der Waals surface area contributed by atoms with E-state index in [0.717, 1.165) is 6.42 Å². The van der Waals surface area contributed by atoms with E-state index >= 15 is 0 Å². The first kappa shape index (κ1) is 8.88. The zero-order chi connectivity index (χ0) is 7.49. The summed E-state index contributed by atoms with van der Waals surface area (Å²) in [4.78, 5) is 0. The van der Waals surface area contributed by atoms with Gasteiger partial charge in [0, 0.05) is 0 Å². The number of hydrogen-bond acceptors (Lipinski definition) is 3. The fourth-order valence-electron chi connectivity index (χ4n) is 0.508. The summed E-state index contributed by atoms with van der Waals surface area (Å²) >= 11 is 0. The van der Waals surface area contributed by atoms with Gasteiger partial charge in [-0.25, -0.2) is 0 Å². The monoisotopic (exact) mass is 132 g/mol. The molecule has 2 unspecified atom stereocenters. The van der Waals surface area contributed by atoms with Crippen LogP contribution in [0.2, 0.25) is 0 Å². The molecule has 56 valence electrons. The summed E-state index contributed by atoms with van der Waals surface area (Å²) in [5.41, 5.74) is 10.4. The summed E-state index contributed by atoms with van der Waals surface area (Å²) in [7, 11) is 0. The van der Waals surface area contributed by atoms with E-state index in [9.17, 15) is 0 Å². The van der Waals surface area contributed by atoms with Crippen molar-refractivity contribution in [2.75, 3.05) is 0 Å². The fraction of sp³-hybridized carbons (Fsp3) is 1.00. The minimum Gasteiger partial charge on any atom is -0.344 e. The Morgan fingerprint density at radius 3 is 2.22 bits per heavy atom. The quantitative estimate of drug-likeness (QED) is 0.546. The molecule has 0 fully saturated rings. The van der Waals surface area contributed by atoms with Crippen LogP contribution in [0.3, 0.4) is 0 Å². The van der Waals surface area contributed by atoms with E-state index in [0.29, 0.717) is 0 Å². The molecule has 0 radical (unpaired) electrons.